The van der Waals surface area contributed by atoms with Crippen molar-refractivity contribution in [3.05, 3.63) is 16.3 Å². The fourth-order valence-electron chi connectivity index (χ4n) is 4.50. The van der Waals surface area contributed by atoms with E-state index >= 15 is 0 Å². The van der Waals surface area contributed by atoms with Crippen LogP contribution in [0.1, 0.15) is 54.8 Å². The first-order chi connectivity index (χ1) is 15.1. The number of piperazine rings is 1. The summed E-state index contributed by atoms with van der Waals surface area (Å²) < 4.78 is 4.88. The summed E-state index contributed by atoms with van der Waals surface area (Å²) in [7, 11) is 0. The van der Waals surface area contributed by atoms with Gasteiger partial charge in [0.15, 0.2) is 0 Å². The zero-order valence-corrected chi connectivity index (χ0v) is 18.8. The normalized spacial score (nSPS) is 18.7. The Bertz CT molecular complexity index is 995. The molecule has 2 amide bonds. The van der Waals surface area contributed by atoms with Crippen molar-refractivity contribution in [1.29, 1.82) is 0 Å². The maximum Gasteiger partial charge on any atom is 0.325 e. The summed E-state index contributed by atoms with van der Waals surface area (Å²) in [6.45, 7) is 4.64. The molecule has 0 unspecified atom stereocenters. The molecular weight excluding hydrogens is 414 g/mol. The predicted molar refractivity (Wildman–Crippen MR) is 120 cm³/mol. The Morgan fingerprint density at radius 1 is 1.13 bits per heavy atom. The number of rotatable bonds is 5. The molecule has 2 fully saturated rings. The molecule has 9 heteroatoms. The molecule has 1 saturated heterocycles. The highest BCUT2D eigenvalue weighted by Gasteiger charge is 2.32. The van der Waals surface area contributed by atoms with Gasteiger partial charge in [-0.15, -0.1) is 11.3 Å². The Hall–Kier alpha value is -2.42. The Labute approximate surface area is 186 Å². The van der Waals surface area contributed by atoms with E-state index < -0.39 is 5.97 Å². The van der Waals surface area contributed by atoms with Crippen molar-refractivity contribution >= 4 is 39.4 Å². The molecule has 3 aliphatic rings. The molecule has 1 N–H and O–H groups in total. The number of carbonyl (C=O) groups excluding carboxylic acids is 2. The van der Waals surface area contributed by atoms with Crippen LogP contribution in [0.25, 0.3) is 10.2 Å². The van der Waals surface area contributed by atoms with Gasteiger partial charge in [-0.1, -0.05) is 0 Å². The van der Waals surface area contributed by atoms with E-state index in [0.717, 1.165) is 42.4 Å². The Kier molecular flexibility index (Phi) is 5.69. The first-order valence-corrected chi connectivity index (χ1v) is 12.2. The maximum atomic E-state index is 12.4. The molecule has 0 bridgehead atoms. The van der Waals surface area contributed by atoms with E-state index in [1.165, 1.54) is 41.5 Å². The second kappa shape index (κ2) is 8.61. The van der Waals surface area contributed by atoms with Crippen LogP contribution in [-0.2, 0) is 22.4 Å². The zero-order chi connectivity index (χ0) is 21.4. The number of hydrogen-bond donors (Lipinski definition) is 1. The number of nitrogens with one attached hydrogen (secondary N) is 1. The van der Waals surface area contributed by atoms with Crippen molar-refractivity contribution in [3.8, 4) is 0 Å². The number of thiophene rings is 1. The van der Waals surface area contributed by atoms with Gasteiger partial charge in [0, 0.05) is 37.0 Å². The number of carbonyl (C=O) groups is 2. The largest absolute Gasteiger partial charge is 0.465 e. The number of nitrogens with zero attached hydrogens (tertiary/aromatic N) is 4. The molecule has 0 aromatic carbocycles. The van der Waals surface area contributed by atoms with Gasteiger partial charge in [-0.25, -0.2) is 14.8 Å². The lowest BCUT2D eigenvalue weighted by molar-refractivity contribution is -0.141. The molecule has 31 heavy (non-hydrogen) atoms. The summed E-state index contributed by atoms with van der Waals surface area (Å²) in [6, 6.07) is -0.216. The van der Waals surface area contributed by atoms with E-state index in [-0.39, 0.29) is 12.6 Å². The Balaban J connectivity index is 1.33. The number of fused-ring (bicyclic) bond motifs is 3. The lowest BCUT2D eigenvalue weighted by atomic mass is 9.97. The number of hydrogen-bond acceptors (Lipinski definition) is 7. The van der Waals surface area contributed by atoms with Crippen molar-refractivity contribution < 1.29 is 14.3 Å². The highest BCUT2D eigenvalue weighted by molar-refractivity contribution is 7.19. The van der Waals surface area contributed by atoms with Crippen LogP contribution in [0, 0.1) is 0 Å². The van der Waals surface area contributed by atoms with E-state index in [2.05, 4.69) is 10.2 Å². The number of ether oxygens (including phenoxy) is 1. The fourth-order valence-corrected chi connectivity index (χ4v) is 5.76. The maximum absolute atomic E-state index is 12.4. The molecule has 2 aliphatic carbocycles. The summed E-state index contributed by atoms with van der Waals surface area (Å²) in [5.41, 5.74) is 1.46. The van der Waals surface area contributed by atoms with Gasteiger partial charge in [-0.05, 0) is 51.0 Å². The monoisotopic (exact) mass is 443 g/mol. The fraction of sp³-hybridized carbons (Fsp3) is 0.636. The molecule has 0 spiro atoms. The minimum atomic E-state index is -0.410. The van der Waals surface area contributed by atoms with Crippen LogP contribution >= 0.6 is 11.3 Å². The van der Waals surface area contributed by atoms with Gasteiger partial charge in [0.1, 0.15) is 23.0 Å². The van der Waals surface area contributed by atoms with Gasteiger partial charge < -0.3 is 19.9 Å². The van der Waals surface area contributed by atoms with Gasteiger partial charge in [-0.3, -0.25) is 4.79 Å². The SMILES string of the molecule is CCOC(=O)CNC(=O)N1CCN(c2nc(C3CC3)nc3sc4c(c23)CCCC4)CC1. The Morgan fingerprint density at radius 3 is 2.65 bits per heavy atom. The number of aryl methyl sites for hydroxylation is 2. The van der Waals surface area contributed by atoms with Crippen LogP contribution in [0.4, 0.5) is 10.6 Å². The summed E-state index contributed by atoms with van der Waals surface area (Å²) >= 11 is 1.86. The molecule has 3 heterocycles. The van der Waals surface area contributed by atoms with Gasteiger partial charge in [0.2, 0.25) is 0 Å². The summed E-state index contributed by atoms with van der Waals surface area (Å²) in [5, 5.41) is 3.91. The average Bonchev–Trinajstić information content (AvgIpc) is 3.57. The molecule has 2 aromatic rings. The lowest BCUT2D eigenvalue weighted by Crippen LogP contribution is -2.52. The van der Waals surface area contributed by atoms with Crippen molar-refractivity contribution in [1.82, 2.24) is 20.2 Å². The third-order valence-electron chi connectivity index (χ3n) is 6.31. The van der Waals surface area contributed by atoms with Crippen LogP contribution in [0.2, 0.25) is 0 Å². The number of esters is 1. The number of urea groups is 1. The van der Waals surface area contributed by atoms with Gasteiger partial charge in [0.25, 0.3) is 0 Å². The quantitative estimate of drug-likeness (QED) is 0.715. The number of anilines is 1. The third kappa shape index (κ3) is 4.20. The van der Waals surface area contributed by atoms with E-state index in [1.807, 2.05) is 11.3 Å². The molecule has 1 saturated carbocycles. The Morgan fingerprint density at radius 2 is 1.90 bits per heavy atom. The van der Waals surface area contributed by atoms with E-state index in [4.69, 9.17) is 14.7 Å². The van der Waals surface area contributed by atoms with Gasteiger partial charge in [-0.2, -0.15) is 0 Å². The lowest BCUT2D eigenvalue weighted by Gasteiger charge is -2.35. The van der Waals surface area contributed by atoms with E-state index in [0.29, 0.717) is 25.6 Å². The molecule has 1 aliphatic heterocycles. The number of aromatic nitrogens is 2. The molecular formula is C22H29N5O3S. The van der Waals surface area contributed by atoms with Crippen LogP contribution in [0.15, 0.2) is 0 Å². The molecule has 0 atom stereocenters. The van der Waals surface area contributed by atoms with Gasteiger partial charge >= 0.3 is 12.0 Å². The first-order valence-electron chi connectivity index (χ1n) is 11.4. The summed E-state index contributed by atoms with van der Waals surface area (Å²) in [6.07, 6.45) is 7.14. The van der Waals surface area contributed by atoms with Crippen LogP contribution < -0.4 is 10.2 Å². The average molecular weight is 444 g/mol. The molecule has 166 valence electrons. The topological polar surface area (TPSA) is 87.7 Å². The first kappa shape index (κ1) is 20.5. The zero-order valence-electron chi connectivity index (χ0n) is 18.0. The van der Waals surface area contributed by atoms with Crippen molar-refractivity contribution in [2.45, 2.75) is 51.4 Å². The third-order valence-corrected chi connectivity index (χ3v) is 7.50. The second-order valence-electron chi connectivity index (χ2n) is 8.51. The molecule has 0 radical (unpaired) electrons. The standard InChI is InChI=1S/C22H29N5O3S/c1-2-30-17(28)13-23-22(29)27-11-9-26(10-12-27)20-18-15-5-3-4-6-16(15)31-21(18)25-19(24-20)14-7-8-14/h14H,2-13H2,1H3,(H,23,29). The minimum Gasteiger partial charge on any atom is -0.465 e. The minimum absolute atomic E-state index is 0.0921. The molecule has 8 nitrogen and oxygen atoms in total. The summed E-state index contributed by atoms with van der Waals surface area (Å²) in [4.78, 5) is 40.7. The van der Waals surface area contributed by atoms with Crippen molar-refractivity contribution in [2.24, 2.45) is 0 Å². The van der Waals surface area contributed by atoms with Crippen LogP contribution in [-0.4, -0.2) is 66.2 Å². The van der Waals surface area contributed by atoms with Crippen LogP contribution in [0.3, 0.4) is 0 Å². The second-order valence-corrected chi connectivity index (χ2v) is 9.59. The molecule has 2 aromatic heterocycles. The van der Waals surface area contributed by atoms with E-state index in [1.54, 1.807) is 11.8 Å². The number of amides is 2. The van der Waals surface area contributed by atoms with E-state index in [9.17, 15) is 9.59 Å². The van der Waals surface area contributed by atoms with Gasteiger partial charge in [0.05, 0.1) is 12.0 Å². The highest BCUT2D eigenvalue weighted by atomic mass is 32.1. The predicted octanol–water partition coefficient (Wildman–Crippen LogP) is 2.84. The highest BCUT2D eigenvalue weighted by Crippen LogP contribution is 2.44. The molecule has 5 rings (SSSR count). The van der Waals surface area contributed by atoms with Crippen LogP contribution in [0.5, 0.6) is 0 Å². The smallest absolute Gasteiger partial charge is 0.325 e. The van der Waals surface area contributed by atoms with Crippen molar-refractivity contribution in [2.75, 3.05) is 44.2 Å². The van der Waals surface area contributed by atoms with Crippen molar-refractivity contribution in [3.63, 3.8) is 0 Å². The summed E-state index contributed by atoms with van der Waals surface area (Å²) in [5.74, 6) is 2.17.